The van der Waals surface area contributed by atoms with E-state index in [1.165, 1.54) is 0 Å². The maximum absolute atomic E-state index is 11.4. The largest absolute Gasteiger partial charge is 0.480 e. The number of carbonyl (C=O) groups is 2. The van der Waals surface area contributed by atoms with Gasteiger partial charge < -0.3 is 20.0 Å². The van der Waals surface area contributed by atoms with Crippen LogP contribution < -0.4 is 4.72 Å². The topological polar surface area (TPSA) is 147 Å². The molecular formula is C21H33ClN6O6S. The number of hydrogen-bond acceptors (Lipinski definition) is 9. The number of carboxylic acid groups (broad SMARTS) is 2. The second-order valence-corrected chi connectivity index (χ2v) is 10.5. The Kier molecular flexibility index (Phi) is 11.7. The molecule has 2 heterocycles. The van der Waals surface area contributed by atoms with E-state index in [-0.39, 0.29) is 19.6 Å². The van der Waals surface area contributed by atoms with Crippen LogP contribution in [0, 0.1) is 0 Å². The number of carboxylic acids is 2. The number of nitrogens with zero attached hydrogens (tertiary/aromatic N) is 5. The Bertz CT molecular complexity index is 979. The Labute approximate surface area is 210 Å². The average Bonchev–Trinajstić information content (AvgIpc) is 2.73. The van der Waals surface area contributed by atoms with Crippen molar-refractivity contribution in [3.63, 3.8) is 0 Å². The minimum Gasteiger partial charge on any atom is -0.480 e. The fraction of sp³-hybridized carbons (Fsp3) is 0.571. The van der Waals surface area contributed by atoms with Crippen LogP contribution in [0.1, 0.15) is 5.69 Å². The third kappa shape index (κ3) is 12.7. The van der Waals surface area contributed by atoms with Gasteiger partial charge in [0.1, 0.15) is 11.7 Å². The van der Waals surface area contributed by atoms with E-state index in [0.29, 0.717) is 57.5 Å². The van der Waals surface area contributed by atoms with E-state index in [4.69, 9.17) is 11.6 Å². The molecule has 1 aliphatic rings. The van der Waals surface area contributed by atoms with E-state index in [2.05, 4.69) is 9.71 Å². The zero-order valence-corrected chi connectivity index (χ0v) is 21.3. The molecule has 0 aliphatic carbocycles. The van der Waals surface area contributed by atoms with Crippen LogP contribution in [-0.2, 0) is 26.2 Å². The smallest absolute Gasteiger partial charge is 0.323 e. The van der Waals surface area contributed by atoms with Crippen LogP contribution in [0.25, 0.3) is 0 Å². The number of aromatic nitrogens is 1. The number of pyridine rings is 1. The molecule has 1 aliphatic heterocycles. The van der Waals surface area contributed by atoms with Crippen molar-refractivity contribution in [1.82, 2.24) is 29.3 Å². The summed E-state index contributed by atoms with van der Waals surface area (Å²) in [6, 6.07) is 5.31. The molecule has 0 fully saturated rings. The van der Waals surface area contributed by atoms with Crippen LogP contribution >= 0.6 is 11.6 Å². The van der Waals surface area contributed by atoms with Gasteiger partial charge in [-0.05, 0) is 12.1 Å². The zero-order valence-electron chi connectivity index (χ0n) is 19.7. The highest BCUT2D eigenvalue weighted by Gasteiger charge is 2.17. The fourth-order valence-corrected chi connectivity index (χ4v) is 4.17. The van der Waals surface area contributed by atoms with Crippen molar-refractivity contribution in [3.05, 3.63) is 41.4 Å². The Balaban J connectivity index is 2.20. The summed E-state index contributed by atoms with van der Waals surface area (Å²) in [6.07, 6.45) is 4.57. The summed E-state index contributed by atoms with van der Waals surface area (Å²) < 4.78 is 25.3. The first kappa shape index (κ1) is 28.8. The number of sulfonamides is 1. The highest BCUT2D eigenvalue weighted by atomic mass is 35.5. The van der Waals surface area contributed by atoms with Gasteiger partial charge in [-0.15, -0.1) is 0 Å². The molecule has 0 atom stereocenters. The van der Waals surface area contributed by atoms with Crippen LogP contribution in [0.5, 0.6) is 0 Å². The molecule has 196 valence electrons. The highest BCUT2D eigenvalue weighted by Crippen LogP contribution is 2.09. The molecule has 3 N–H and O–H groups in total. The Hall–Kier alpha value is -2.45. The van der Waals surface area contributed by atoms with Gasteiger partial charge in [-0.3, -0.25) is 19.4 Å². The first-order valence-electron chi connectivity index (χ1n) is 11.1. The second kappa shape index (κ2) is 14.2. The lowest BCUT2D eigenvalue weighted by Gasteiger charge is -2.32. The molecule has 2 rings (SSSR count). The van der Waals surface area contributed by atoms with Gasteiger partial charge in [-0.25, -0.2) is 18.1 Å². The maximum atomic E-state index is 11.4. The molecule has 0 spiro atoms. The van der Waals surface area contributed by atoms with Crippen molar-refractivity contribution in [3.8, 4) is 0 Å². The summed E-state index contributed by atoms with van der Waals surface area (Å²) in [6.45, 7) is 3.45. The number of halogens is 1. The highest BCUT2D eigenvalue weighted by molar-refractivity contribution is 7.88. The molecule has 1 aromatic rings. The van der Waals surface area contributed by atoms with Gasteiger partial charge in [0.25, 0.3) is 0 Å². The van der Waals surface area contributed by atoms with Crippen molar-refractivity contribution < 1.29 is 28.2 Å². The molecule has 0 unspecified atom stereocenters. The molecule has 0 aromatic carbocycles. The summed E-state index contributed by atoms with van der Waals surface area (Å²) >= 11 is 6.01. The molecule has 12 nitrogen and oxygen atoms in total. The zero-order chi connectivity index (χ0) is 25.8. The van der Waals surface area contributed by atoms with Crippen molar-refractivity contribution in [2.45, 2.75) is 6.54 Å². The second-order valence-electron chi connectivity index (χ2n) is 8.26. The van der Waals surface area contributed by atoms with Gasteiger partial charge in [-0.1, -0.05) is 17.7 Å². The third-order valence-electron chi connectivity index (χ3n) is 5.26. The standard InChI is InChI=1S/C21H33ClN6O6S/c1-35(33,34)23-5-6-25-7-9-27(16-20(29)30)13-11-26(15-18-3-2-4-19(22)24-18)12-14-28(10-8-25)17-21(31)32/h2-4,11,13,23H,5-10,12,14-17H2,1H3,(H,29,30)(H,31,32)/b13-11-. The minimum atomic E-state index is -3.34. The lowest BCUT2D eigenvalue weighted by molar-refractivity contribution is -0.139. The molecule has 0 amide bonds. The molecule has 0 bridgehead atoms. The maximum Gasteiger partial charge on any atom is 0.323 e. The van der Waals surface area contributed by atoms with E-state index in [9.17, 15) is 28.2 Å². The number of nitrogens with one attached hydrogen (secondary N) is 1. The van der Waals surface area contributed by atoms with Crippen molar-refractivity contribution in [2.24, 2.45) is 0 Å². The van der Waals surface area contributed by atoms with Crippen LogP contribution in [0.4, 0.5) is 0 Å². The molecule has 0 saturated heterocycles. The first-order chi connectivity index (χ1) is 16.5. The fourth-order valence-electron chi connectivity index (χ4n) is 3.53. The summed E-state index contributed by atoms with van der Waals surface area (Å²) in [4.78, 5) is 34.5. The van der Waals surface area contributed by atoms with Gasteiger partial charge in [0.15, 0.2) is 0 Å². The summed E-state index contributed by atoms with van der Waals surface area (Å²) in [7, 11) is -3.34. The lowest BCUT2D eigenvalue weighted by Crippen LogP contribution is -2.45. The summed E-state index contributed by atoms with van der Waals surface area (Å²) in [5.41, 5.74) is 0.730. The minimum absolute atomic E-state index is 0.131. The third-order valence-corrected chi connectivity index (χ3v) is 6.19. The predicted octanol–water partition coefficient (Wildman–Crippen LogP) is -0.354. The molecule has 1 aromatic heterocycles. The molecular weight excluding hydrogens is 500 g/mol. The first-order valence-corrected chi connectivity index (χ1v) is 13.4. The average molecular weight is 533 g/mol. The Morgan fingerprint density at radius 3 is 2.23 bits per heavy atom. The molecule has 0 radical (unpaired) electrons. The Morgan fingerprint density at radius 1 is 0.971 bits per heavy atom. The number of aliphatic carboxylic acids is 2. The van der Waals surface area contributed by atoms with E-state index in [0.717, 1.165) is 11.9 Å². The molecule has 35 heavy (non-hydrogen) atoms. The summed E-state index contributed by atoms with van der Waals surface area (Å²) in [5, 5.41) is 19.1. The van der Waals surface area contributed by atoms with Crippen LogP contribution in [0.15, 0.2) is 30.6 Å². The number of rotatable bonds is 10. The van der Waals surface area contributed by atoms with Gasteiger partial charge >= 0.3 is 11.9 Å². The summed E-state index contributed by atoms with van der Waals surface area (Å²) in [5.74, 6) is -1.91. The van der Waals surface area contributed by atoms with E-state index >= 15 is 0 Å². The van der Waals surface area contributed by atoms with Crippen molar-refractivity contribution in [2.75, 3.05) is 71.7 Å². The number of hydrogen-bond donors (Lipinski definition) is 3. The van der Waals surface area contributed by atoms with Crippen LogP contribution in [0.3, 0.4) is 0 Å². The van der Waals surface area contributed by atoms with Crippen molar-refractivity contribution in [1.29, 1.82) is 0 Å². The lowest BCUT2D eigenvalue weighted by atomic mass is 10.3. The van der Waals surface area contributed by atoms with Gasteiger partial charge in [0.2, 0.25) is 10.0 Å². The van der Waals surface area contributed by atoms with Gasteiger partial charge in [0, 0.05) is 64.8 Å². The Morgan fingerprint density at radius 2 is 1.57 bits per heavy atom. The van der Waals surface area contributed by atoms with Crippen LogP contribution in [0.2, 0.25) is 5.15 Å². The quantitative estimate of drug-likeness (QED) is 0.339. The molecule has 0 saturated carbocycles. The monoisotopic (exact) mass is 532 g/mol. The van der Waals surface area contributed by atoms with E-state index in [1.807, 2.05) is 20.8 Å². The molecule has 14 heteroatoms. The predicted molar refractivity (Wildman–Crippen MR) is 131 cm³/mol. The van der Waals surface area contributed by atoms with Crippen LogP contribution in [-0.4, -0.2) is 127 Å². The SMILES string of the molecule is CS(=O)(=O)NCCN1CCN(CC(=O)O)/C=C\N(Cc2cccc(Cl)n2)CCN(CC(=O)O)CC1. The van der Waals surface area contributed by atoms with E-state index < -0.39 is 22.0 Å². The van der Waals surface area contributed by atoms with Gasteiger partial charge in [0.05, 0.1) is 25.0 Å². The normalized spacial score (nSPS) is 18.0. The van der Waals surface area contributed by atoms with Crippen molar-refractivity contribution >= 4 is 33.6 Å². The van der Waals surface area contributed by atoms with Gasteiger partial charge in [-0.2, -0.15) is 0 Å². The van der Waals surface area contributed by atoms with E-state index in [1.54, 1.807) is 29.4 Å².